The first kappa shape index (κ1) is 20.3. The van der Waals surface area contributed by atoms with Gasteiger partial charge in [-0.2, -0.15) is 0 Å². The topological polar surface area (TPSA) is 42.1 Å². The molecule has 0 atom stereocenters. The van der Waals surface area contributed by atoms with Crippen molar-refractivity contribution in [1.82, 2.24) is 9.88 Å². The Hall–Kier alpha value is -1.72. The smallest absolute Gasteiger partial charge is 0.162 e. The van der Waals surface area contributed by atoms with Crippen LogP contribution in [0.15, 0.2) is 24.3 Å². The third-order valence-electron chi connectivity index (χ3n) is 3.70. The summed E-state index contributed by atoms with van der Waals surface area (Å²) in [5, 5.41) is 0. The van der Waals surface area contributed by atoms with Crippen LogP contribution in [0.5, 0.6) is 0 Å². The predicted molar refractivity (Wildman–Crippen MR) is 96.7 cm³/mol. The van der Waals surface area contributed by atoms with Crippen LogP contribution in [0, 0.1) is 18.6 Å². The van der Waals surface area contributed by atoms with Crippen LogP contribution in [0.1, 0.15) is 22.4 Å². The Morgan fingerprint density at radius 1 is 1.04 bits per heavy atom. The van der Waals surface area contributed by atoms with E-state index in [1.54, 1.807) is 12.1 Å². The highest BCUT2D eigenvalue weighted by atomic mass is 35.5. The van der Waals surface area contributed by atoms with E-state index in [2.05, 4.69) is 4.98 Å². The van der Waals surface area contributed by atoms with E-state index in [0.29, 0.717) is 30.6 Å². The van der Waals surface area contributed by atoms with Crippen LogP contribution in [-0.4, -0.2) is 30.5 Å². The summed E-state index contributed by atoms with van der Waals surface area (Å²) >= 11 is 0. The summed E-state index contributed by atoms with van der Waals surface area (Å²) in [6, 6.07) is 6.73. The van der Waals surface area contributed by atoms with Crippen LogP contribution in [-0.2, 0) is 19.3 Å². The van der Waals surface area contributed by atoms with Crippen molar-refractivity contribution >= 4 is 18.2 Å². The number of halogens is 3. The number of aromatic nitrogens is 1. The molecule has 2 aromatic rings. The number of aryl methyl sites for hydroxylation is 3. The van der Waals surface area contributed by atoms with Crippen molar-refractivity contribution in [3.63, 3.8) is 0 Å². The molecule has 3 nitrogen and oxygen atoms in total. The van der Waals surface area contributed by atoms with Crippen LogP contribution in [0.25, 0.3) is 0 Å². The molecule has 1 aromatic carbocycles. The molecule has 0 aliphatic carbocycles. The normalized spacial score (nSPS) is 10.8. The fourth-order valence-electron chi connectivity index (χ4n) is 2.55. The van der Waals surface area contributed by atoms with E-state index in [4.69, 9.17) is 5.73 Å². The van der Waals surface area contributed by atoms with Gasteiger partial charge in [0.2, 0.25) is 0 Å². The zero-order valence-corrected chi connectivity index (χ0v) is 15.1. The molecule has 0 spiro atoms. The lowest BCUT2D eigenvalue weighted by molar-refractivity contribution is 0.412. The van der Waals surface area contributed by atoms with Gasteiger partial charge in [-0.3, -0.25) is 0 Å². The second-order valence-corrected chi connectivity index (χ2v) is 6.16. The predicted octanol–water partition coefficient (Wildman–Crippen LogP) is 3.56. The second-order valence-electron chi connectivity index (χ2n) is 6.16. The number of nitrogens with two attached hydrogens (primary N) is 1. The number of hydrogen-bond acceptors (Lipinski definition) is 3. The Bertz CT molecular complexity index is 670. The first-order valence-corrected chi connectivity index (χ1v) is 7.69. The number of hydrogen-bond donors (Lipinski definition) is 1. The van der Waals surface area contributed by atoms with Crippen LogP contribution < -0.4 is 5.73 Å². The average molecular weight is 356 g/mol. The zero-order chi connectivity index (χ0) is 17.0. The van der Waals surface area contributed by atoms with E-state index in [1.807, 2.05) is 32.0 Å². The average Bonchev–Trinajstić information content (AvgIpc) is 2.46. The Balaban J connectivity index is 0.00000288. The number of rotatable bonds is 6. The fraction of sp³-hybridized carbons (Fsp3) is 0.389. The van der Waals surface area contributed by atoms with E-state index >= 15 is 0 Å². The van der Waals surface area contributed by atoms with Gasteiger partial charge in [-0.05, 0) is 75.2 Å². The molecule has 0 amide bonds. The molecule has 6 heteroatoms. The third-order valence-corrected chi connectivity index (χ3v) is 3.70. The molecule has 0 unspecified atom stereocenters. The number of nitrogen functional groups attached to an aromatic ring is 1. The summed E-state index contributed by atoms with van der Waals surface area (Å²) in [6.07, 6.45) is 1.61. The van der Waals surface area contributed by atoms with Gasteiger partial charge in [0.05, 0.1) is 0 Å². The van der Waals surface area contributed by atoms with Crippen molar-refractivity contribution in [2.45, 2.75) is 26.2 Å². The molecule has 0 bridgehead atoms. The van der Waals surface area contributed by atoms with Gasteiger partial charge in [0.25, 0.3) is 0 Å². The monoisotopic (exact) mass is 355 g/mol. The van der Waals surface area contributed by atoms with Gasteiger partial charge in [-0.25, -0.2) is 13.8 Å². The van der Waals surface area contributed by atoms with Gasteiger partial charge in [0, 0.05) is 12.2 Å². The fourth-order valence-corrected chi connectivity index (χ4v) is 2.55. The van der Waals surface area contributed by atoms with Crippen molar-refractivity contribution in [2.24, 2.45) is 0 Å². The first-order chi connectivity index (χ1) is 10.8. The van der Waals surface area contributed by atoms with Gasteiger partial charge in [-0.1, -0.05) is 6.07 Å². The number of nitrogens with zero attached hydrogens (tertiary/aromatic N) is 2. The van der Waals surface area contributed by atoms with E-state index < -0.39 is 11.6 Å². The molecule has 0 radical (unpaired) electrons. The van der Waals surface area contributed by atoms with Crippen molar-refractivity contribution in [3.8, 4) is 0 Å². The highest BCUT2D eigenvalue weighted by Crippen LogP contribution is 2.18. The van der Waals surface area contributed by atoms with Crippen LogP contribution in [0.2, 0.25) is 0 Å². The van der Waals surface area contributed by atoms with E-state index in [0.717, 1.165) is 23.4 Å². The number of likely N-dealkylation sites (N-methyl/N-ethyl adjacent to an activating group) is 1. The molecule has 0 aliphatic heterocycles. The summed E-state index contributed by atoms with van der Waals surface area (Å²) in [4.78, 5) is 6.25. The quantitative estimate of drug-likeness (QED) is 0.861. The lowest BCUT2D eigenvalue weighted by Gasteiger charge is -2.12. The van der Waals surface area contributed by atoms with Crippen molar-refractivity contribution in [2.75, 3.05) is 26.4 Å². The minimum absolute atomic E-state index is 0. The molecule has 0 aliphatic rings. The lowest BCUT2D eigenvalue weighted by atomic mass is 10.0. The molecule has 2 N–H and O–H groups in total. The van der Waals surface area contributed by atoms with Gasteiger partial charge in [0.1, 0.15) is 5.82 Å². The summed E-state index contributed by atoms with van der Waals surface area (Å²) in [5.74, 6) is -1.10. The van der Waals surface area contributed by atoms with Crippen LogP contribution in [0.3, 0.4) is 0 Å². The maximum Gasteiger partial charge on any atom is 0.162 e. The van der Waals surface area contributed by atoms with Gasteiger partial charge in [-0.15, -0.1) is 12.4 Å². The van der Waals surface area contributed by atoms with Crippen LogP contribution in [0.4, 0.5) is 14.6 Å². The van der Waals surface area contributed by atoms with Crippen molar-refractivity contribution in [3.05, 3.63) is 58.3 Å². The molecule has 0 saturated heterocycles. The van der Waals surface area contributed by atoms with Crippen molar-refractivity contribution in [1.29, 1.82) is 0 Å². The van der Waals surface area contributed by atoms with Crippen molar-refractivity contribution < 1.29 is 8.78 Å². The maximum atomic E-state index is 14.0. The van der Waals surface area contributed by atoms with E-state index in [9.17, 15) is 8.78 Å². The molecule has 0 fully saturated rings. The third kappa shape index (κ3) is 5.73. The Morgan fingerprint density at radius 2 is 1.75 bits per heavy atom. The molecular formula is C18H24ClF2N3. The standard InChI is InChI=1S/C18H23F2N3.ClH/c1-12-8-15(22-17(21)9-12)5-4-14-10-13(6-7-23(2)3)11-16(19)18(14)20;/h8-11H,4-7H2,1-3H3,(H2,21,22);1H. The minimum atomic E-state index is -0.784. The Labute approximate surface area is 148 Å². The van der Waals surface area contributed by atoms with Crippen LogP contribution >= 0.6 is 12.4 Å². The molecule has 1 aromatic heterocycles. The summed E-state index contributed by atoms with van der Waals surface area (Å²) in [7, 11) is 3.91. The summed E-state index contributed by atoms with van der Waals surface area (Å²) in [5.41, 5.74) is 8.73. The minimum Gasteiger partial charge on any atom is -0.384 e. The second kappa shape index (κ2) is 8.94. The molecule has 1 heterocycles. The number of benzene rings is 1. The highest BCUT2D eigenvalue weighted by molar-refractivity contribution is 5.85. The lowest BCUT2D eigenvalue weighted by Crippen LogP contribution is -2.15. The largest absolute Gasteiger partial charge is 0.384 e. The SMILES string of the molecule is Cc1cc(N)nc(CCc2cc(CCN(C)C)cc(F)c2F)c1.Cl. The molecule has 0 saturated carbocycles. The Morgan fingerprint density at radius 3 is 2.38 bits per heavy atom. The molecular weight excluding hydrogens is 332 g/mol. The molecule has 132 valence electrons. The molecule has 2 rings (SSSR count). The first-order valence-electron chi connectivity index (χ1n) is 7.69. The maximum absolute atomic E-state index is 14.0. The summed E-state index contributed by atoms with van der Waals surface area (Å²) in [6.45, 7) is 2.73. The zero-order valence-electron chi connectivity index (χ0n) is 14.3. The van der Waals surface area contributed by atoms with Gasteiger partial charge in [0.15, 0.2) is 11.6 Å². The Kier molecular flexibility index (Phi) is 7.58. The highest BCUT2D eigenvalue weighted by Gasteiger charge is 2.12. The molecule has 24 heavy (non-hydrogen) atoms. The van der Waals surface area contributed by atoms with E-state index in [1.165, 1.54) is 6.07 Å². The van der Waals surface area contributed by atoms with E-state index in [-0.39, 0.29) is 12.4 Å². The number of pyridine rings is 1. The van der Waals surface area contributed by atoms with Gasteiger partial charge >= 0.3 is 0 Å². The summed E-state index contributed by atoms with van der Waals surface area (Å²) < 4.78 is 27.8. The number of anilines is 1. The van der Waals surface area contributed by atoms with Gasteiger partial charge < -0.3 is 10.6 Å².